The van der Waals surface area contributed by atoms with Crippen LogP contribution in [-0.4, -0.2) is 37.1 Å². The summed E-state index contributed by atoms with van der Waals surface area (Å²) in [6.07, 6.45) is -2.15. The third kappa shape index (κ3) is 4.79. The SMILES string of the molecule is C[C@@H](CCc1ccccc1)N1CCN(c2cccc(C(F)(F)F)c2)CC1. The number of rotatable bonds is 5. The van der Waals surface area contributed by atoms with E-state index in [1.54, 1.807) is 6.07 Å². The van der Waals surface area contributed by atoms with Crippen LogP contribution < -0.4 is 4.90 Å². The Morgan fingerprint density at radius 1 is 0.923 bits per heavy atom. The lowest BCUT2D eigenvalue weighted by atomic mass is 10.0. The Labute approximate surface area is 153 Å². The molecule has 0 amide bonds. The van der Waals surface area contributed by atoms with Gasteiger partial charge in [-0.15, -0.1) is 0 Å². The fourth-order valence-electron chi connectivity index (χ4n) is 3.50. The third-order valence-electron chi connectivity index (χ3n) is 5.17. The number of anilines is 1. The average molecular weight is 362 g/mol. The maximum atomic E-state index is 12.9. The summed E-state index contributed by atoms with van der Waals surface area (Å²) in [4.78, 5) is 4.49. The molecule has 0 spiro atoms. The van der Waals surface area contributed by atoms with Crippen molar-refractivity contribution in [1.29, 1.82) is 0 Å². The van der Waals surface area contributed by atoms with Crippen molar-refractivity contribution in [1.82, 2.24) is 4.90 Å². The van der Waals surface area contributed by atoms with Crippen molar-refractivity contribution in [3.8, 4) is 0 Å². The Morgan fingerprint density at radius 2 is 1.62 bits per heavy atom. The molecule has 1 saturated heterocycles. The zero-order valence-electron chi connectivity index (χ0n) is 15.0. The van der Waals surface area contributed by atoms with Crippen molar-refractivity contribution in [2.45, 2.75) is 32.0 Å². The second kappa shape index (κ2) is 8.12. The zero-order chi connectivity index (χ0) is 18.6. The van der Waals surface area contributed by atoms with Crippen molar-refractivity contribution in [3.05, 3.63) is 65.7 Å². The number of nitrogens with zero attached hydrogens (tertiary/aromatic N) is 2. The normalized spacial score (nSPS) is 17.3. The predicted molar refractivity (Wildman–Crippen MR) is 99.5 cm³/mol. The minimum Gasteiger partial charge on any atom is -0.369 e. The summed E-state index contributed by atoms with van der Waals surface area (Å²) in [5.74, 6) is 0. The quantitative estimate of drug-likeness (QED) is 0.750. The maximum Gasteiger partial charge on any atom is 0.416 e. The van der Waals surface area contributed by atoms with Gasteiger partial charge < -0.3 is 4.90 Å². The van der Waals surface area contributed by atoms with Crippen LogP contribution in [-0.2, 0) is 12.6 Å². The first-order valence-electron chi connectivity index (χ1n) is 9.13. The average Bonchev–Trinajstić information content (AvgIpc) is 2.66. The number of piperazine rings is 1. The molecule has 3 rings (SSSR count). The summed E-state index contributed by atoms with van der Waals surface area (Å²) in [6.45, 7) is 5.52. The highest BCUT2D eigenvalue weighted by atomic mass is 19.4. The summed E-state index contributed by atoms with van der Waals surface area (Å²) >= 11 is 0. The molecule has 1 atom stereocenters. The van der Waals surface area contributed by atoms with Gasteiger partial charge >= 0.3 is 6.18 Å². The highest BCUT2D eigenvalue weighted by Gasteiger charge is 2.31. The number of hydrogen-bond donors (Lipinski definition) is 0. The van der Waals surface area contributed by atoms with E-state index >= 15 is 0 Å². The monoisotopic (exact) mass is 362 g/mol. The smallest absolute Gasteiger partial charge is 0.369 e. The lowest BCUT2D eigenvalue weighted by molar-refractivity contribution is -0.137. The van der Waals surface area contributed by atoms with Gasteiger partial charge in [-0.1, -0.05) is 36.4 Å². The Bertz CT molecular complexity index is 692. The van der Waals surface area contributed by atoms with Crippen molar-refractivity contribution < 1.29 is 13.2 Å². The van der Waals surface area contributed by atoms with Gasteiger partial charge in [0.25, 0.3) is 0 Å². The second-order valence-electron chi connectivity index (χ2n) is 6.94. The van der Waals surface area contributed by atoms with Crippen molar-refractivity contribution in [2.24, 2.45) is 0 Å². The molecule has 1 aliphatic heterocycles. The molecule has 2 aromatic carbocycles. The number of benzene rings is 2. The topological polar surface area (TPSA) is 6.48 Å². The van der Waals surface area contributed by atoms with Crippen molar-refractivity contribution in [3.63, 3.8) is 0 Å². The fourth-order valence-corrected chi connectivity index (χ4v) is 3.50. The van der Waals surface area contributed by atoms with Gasteiger partial charge in [0.1, 0.15) is 0 Å². The Hall–Kier alpha value is -2.01. The molecular formula is C21H25F3N2. The molecule has 0 N–H and O–H groups in total. The molecule has 1 aliphatic rings. The molecule has 140 valence electrons. The van der Waals surface area contributed by atoms with Gasteiger partial charge in [0.15, 0.2) is 0 Å². The molecule has 0 aliphatic carbocycles. The predicted octanol–water partition coefficient (Wildman–Crippen LogP) is 4.85. The van der Waals surface area contributed by atoms with Crippen LogP contribution in [0.25, 0.3) is 0 Å². The second-order valence-corrected chi connectivity index (χ2v) is 6.94. The molecule has 0 aromatic heterocycles. The maximum absolute atomic E-state index is 12.9. The molecule has 1 fully saturated rings. The molecule has 5 heteroatoms. The van der Waals surface area contributed by atoms with Crippen LogP contribution in [0.1, 0.15) is 24.5 Å². The van der Waals surface area contributed by atoms with Gasteiger partial charge in [-0.25, -0.2) is 0 Å². The minimum absolute atomic E-state index is 0.471. The first-order chi connectivity index (χ1) is 12.4. The van der Waals surface area contributed by atoms with Crippen LogP contribution in [0, 0.1) is 0 Å². The van der Waals surface area contributed by atoms with Crippen LogP contribution in [0.15, 0.2) is 54.6 Å². The van der Waals surface area contributed by atoms with Crippen LogP contribution in [0.5, 0.6) is 0 Å². The molecule has 26 heavy (non-hydrogen) atoms. The minimum atomic E-state index is -4.29. The van der Waals surface area contributed by atoms with Gasteiger partial charge in [-0.2, -0.15) is 13.2 Å². The fraction of sp³-hybridized carbons (Fsp3) is 0.429. The Balaban J connectivity index is 1.52. The molecule has 0 saturated carbocycles. The Kier molecular flexibility index (Phi) is 5.87. The molecular weight excluding hydrogens is 337 g/mol. The van der Waals surface area contributed by atoms with Crippen LogP contribution in [0.4, 0.5) is 18.9 Å². The zero-order valence-corrected chi connectivity index (χ0v) is 15.0. The number of halogens is 3. The van der Waals surface area contributed by atoms with E-state index in [0.717, 1.165) is 45.1 Å². The van der Waals surface area contributed by atoms with E-state index in [0.29, 0.717) is 11.7 Å². The third-order valence-corrected chi connectivity index (χ3v) is 5.17. The van der Waals surface area contributed by atoms with Crippen LogP contribution >= 0.6 is 0 Å². The van der Waals surface area contributed by atoms with E-state index in [2.05, 4.69) is 41.0 Å². The van der Waals surface area contributed by atoms with Crippen molar-refractivity contribution >= 4 is 5.69 Å². The molecule has 1 heterocycles. The van der Waals surface area contributed by atoms with E-state index in [1.165, 1.54) is 17.7 Å². The molecule has 2 aromatic rings. The lowest BCUT2D eigenvalue weighted by Gasteiger charge is -2.39. The summed E-state index contributed by atoms with van der Waals surface area (Å²) in [5, 5.41) is 0. The van der Waals surface area contributed by atoms with Gasteiger partial charge in [-0.05, 0) is 43.5 Å². The van der Waals surface area contributed by atoms with E-state index in [-0.39, 0.29) is 0 Å². The van der Waals surface area contributed by atoms with E-state index in [9.17, 15) is 13.2 Å². The van der Waals surface area contributed by atoms with Crippen LogP contribution in [0.2, 0.25) is 0 Å². The molecule has 0 bridgehead atoms. The molecule has 0 radical (unpaired) electrons. The first kappa shape index (κ1) is 18.8. The van der Waals surface area contributed by atoms with Gasteiger partial charge in [0.05, 0.1) is 5.56 Å². The van der Waals surface area contributed by atoms with Gasteiger partial charge in [-0.3, -0.25) is 4.90 Å². The summed E-state index contributed by atoms with van der Waals surface area (Å²) in [7, 11) is 0. The summed E-state index contributed by atoms with van der Waals surface area (Å²) in [6, 6.07) is 16.6. The van der Waals surface area contributed by atoms with E-state index in [4.69, 9.17) is 0 Å². The van der Waals surface area contributed by atoms with Crippen molar-refractivity contribution in [2.75, 3.05) is 31.1 Å². The summed E-state index contributed by atoms with van der Waals surface area (Å²) in [5.41, 5.74) is 1.44. The lowest BCUT2D eigenvalue weighted by Crippen LogP contribution is -2.49. The highest BCUT2D eigenvalue weighted by molar-refractivity contribution is 5.49. The van der Waals surface area contributed by atoms with Gasteiger partial charge in [0.2, 0.25) is 0 Å². The Morgan fingerprint density at radius 3 is 2.27 bits per heavy atom. The molecule has 2 nitrogen and oxygen atoms in total. The molecule has 0 unspecified atom stereocenters. The van der Waals surface area contributed by atoms with Gasteiger partial charge in [0, 0.05) is 37.9 Å². The van der Waals surface area contributed by atoms with E-state index < -0.39 is 11.7 Å². The highest BCUT2D eigenvalue weighted by Crippen LogP contribution is 2.32. The largest absolute Gasteiger partial charge is 0.416 e. The standard InChI is InChI=1S/C21H25F3N2/c1-17(10-11-18-6-3-2-4-7-18)25-12-14-26(15-13-25)20-9-5-8-19(16-20)21(22,23)24/h2-9,16-17H,10-15H2,1H3/t17-/m0/s1. The summed E-state index contributed by atoms with van der Waals surface area (Å²) < 4.78 is 38.7. The number of alkyl halides is 3. The van der Waals surface area contributed by atoms with E-state index in [1.807, 2.05) is 6.07 Å². The number of hydrogen-bond acceptors (Lipinski definition) is 2. The first-order valence-corrected chi connectivity index (χ1v) is 9.13. The number of aryl methyl sites for hydroxylation is 1. The van der Waals surface area contributed by atoms with Crippen LogP contribution in [0.3, 0.4) is 0 Å².